The molecule has 0 bridgehead atoms. The van der Waals surface area contributed by atoms with Gasteiger partial charge in [0.05, 0.1) is 15.8 Å². The van der Waals surface area contributed by atoms with Gasteiger partial charge in [0, 0.05) is 17.4 Å². The molecule has 0 saturated heterocycles. The van der Waals surface area contributed by atoms with E-state index < -0.39 is 0 Å². The van der Waals surface area contributed by atoms with Crippen molar-refractivity contribution in [2.45, 2.75) is 37.0 Å². The molecule has 1 saturated carbocycles. The van der Waals surface area contributed by atoms with Crippen molar-refractivity contribution in [2.75, 3.05) is 17.3 Å². The van der Waals surface area contributed by atoms with Gasteiger partial charge in [-0.2, -0.15) is 11.8 Å². The number of benzene rings is 1. The lowest BCUT2D eigenvalue weighted by Gasteiger charge is -2.32. The molecule has 2 nitrogen and oxygen atoms in total. The molecule has 1 fully saturated rings. The monoisotopic (exact) mass is 332 g/mol. The van der Waals surface area contributed by atoms with Crippen LogP contribution in [0, 0.1) is 5.82 Å². The summed E-state index contributed by atoms with van der Waals surface area (Å²) < 4.78 is 13.8. The van der Waals surface area contributed by atoms with Crippen molar-refractivity contribution in [3.63, 3.8) is 0 Å². The molecule has 1 aromatic rings. The van der Waals surface area contributed by atoms with Gasteiger partial charge in [-0.3, -0.25) is 0 Å². The van der Waals surface area contributed by atoms with E-state index >= 15 is 0 Å². The van der Waals surface area contributed by atoms with Crippen LogP contribution in [0.15, 0.2) is 16.6 Å². The summed E-state index contributed by atoms with van der Waals surface area (Å²) in [7, 11) is 0. The third-order valence-electron chi connectivity index (χ3n) is 3.44. The van der Waals surface area contributed by atoms with Gasteiger partial charge < -0.3 is 11.1 Å². The van der Waals surface area contributed by atoms with Crippen LogP contribution in [-0.2, 0) is 0 Å². The van der Waals surface area contributed by atoms with Gasteiger partial charge in [-0.15, -0.1) is 0 Å². The van der Waals surface area contributed by atoms with Gasteiger partial charge >= 0.3 is 0 Å². The summed E-state index contributed by atoms with van der Waals surface area (Å²) in [5.74, 6) is -0.317. The molecule has 100 valence electrons. The Hall–Kier alpha value is -0.420. The second-order valence-corrected chi connectivity index (χ2v) is 6.59. The third kappa shape index (κ3) is 3.12. The molecular weight excluding hydrogens is 315 g/mol. The van der Waals surface area contributed by atoms with Crippen molar-refractivity contribution in [3.05, 3.63) is 22.4 Å². The summed E-state index contributed by atoms with van der Waals surface area (Å²) in [4.78, 5) is 0. The van der Waals surface area contributed by atoms with E-state index in [1.54, 1.807) is 6.07 Å². The fourth-order valence-electron chi connectivity index (χ4n) is 2.43. The molecule has 1 aliphatic rings. The molecule has 18 heavy (non-hydrogen) atoms. The molecule has 0 aliphatic heterocycles. The molecule has 2 rings (SSSR count). The number of hydrogen-bond acceptors (Lipinski definition) is 3. The Morgan fingerprint density at radius 2 is 2.11 bits per heavy atom. The Kier molecular flexibility index (Phi) is 4.78. The van der Waals surface area contributed by atoms with Gasteiger partial charge in [0.1, 0.15) is 5.82 Å². The largest absolute Gasteiger partial charge is 0.397 e. The van der Waals surface area contributed by atoms with Crippen LogP contribution in [-0.4, -0.2) is 17.5 Å². The number of halogens is 2. The standard InChI is InChI=1S/C13H18BrFN2S/c1-18-13-5-3-2-4-11(13)17-12-6-8(14)9(15)7-10(12)16/h6-7,11,13,17H,2-5,16H2,1H3. The van der Waals surface area contributed by atoms with Crippen LogP contribution in [0.1, 0.15) is 25.7 Å². The van der Waals surface area contributed by atoms with E-state index in [1.165, 1.54) is 25.3 Å². The molecule has 1 aliphatic carbocycles. The smallest absolute Gasteiger partial charge is 0.139 e. The Bertz CT molecular complexity index is 428. The molecule has 0 aromatic heterocycles. The zero-order valence-electron chi connectivity index (χ0n) is 10.4. The van der Waals surface area contributed by atoms with Crippen molar-refractivity contribution >= 4 is 39.1 Å². The van der Waals surface area contributed by atoms with Crippen molar-refractivity contribution < 1.29 is 4.39 Å². The Morgan fingerprint density at radius 1 is 1.39 bits per heavy atom. The first-order valence-corrected chi connectivity index (χ1v) is 8.23. The van der Waals surface area contributed by atoms with Crippen LogP contribution in [0.25, 0.3) is 0 Å². The first-order chi connectivity index (χ1) is 8.61. The molecule has 0 spiro atoms. The second-order valence-electron chi connectivity index (χ2n) is 4.66. The first-order valence-electron chi connectivity index (χ1n) is 6.15. The highest BCUT2D eigenvalue weighted by Gasteiger charge is 2.24. The van der Waals surface area contributed by atoms with Crippen molar-refractivity contribution in [2.24, 2.45) is 0 Å². The fraction of sp³-hybridized carbons (Fsp3) is 0.538. The summed E-state index contributed by atoms with van der Waals surface area (Å²) in [6.07, 6.45) is 7.08. The van der Waals surface area contributed by atoms with E-state index in [0.717, 1.165) is 12.1 Å². The highest BCUT2D eigenvalue weighted by Crippen LogP contribution is 2.33. The van der Waals surface area contributed by atoms with Crippen molar-refractivity contribution in [3.8, 4) is 0 Å². The van der Waals surface area contributed by atoms with Crippen LogP contribution in [0.3, 0.4) is 0 Å². The van der Waals surface area contributed by atoms with E-state index in [-0.39, 0.29) is 5.82 Å². The highest BCUT2D eigenvalue weighted by atomic mass is 79.9. The maximum atomic E-state index is 13.3. The highest BCUT2D eigenvalue weighted by molar-refractivity contribution is 9.10. The SMILES string of the molecule is CSC1CCCCC1Nc1cc(Br)c(F)cc1N. The zero-order valence-corrected chi connectivity index (χ0v) is 12.8. The zero-order chi connectivity index (χ0) is 13.1. The Balaban J connectivity index is 2.15. The number of thioether (sulfide) groups is 1. The lowest BCUT2D eigenvalue weighted by Crippen LogP contribution is -2.34. The molecule has 0 heterocycles. The maximum Gasteiger partial charge on any atom is 0.139 e. The summed E-state index contributed by atoms with van der Waals surface area (Å²) in [6.45, 7) is 0. The van der Waals surface area contributed by atoms with Gasteiger partial charge in [-0.25, -0.2) is 4.39 Å². The molecule has 2 unspecified atom stereocenters. The van der Waals surface area contributed by atoms with E-state index in [1.807, 2.05) is 11.8 Å². The van der Waals surface area contributed by atoms with Crippen molar-refractivity contribution in [1.82, 2.24) is 0 Å². The normalized spacial score (nSPS) is 23.9. The van der Waals surface area contributed by atoms with Gasteiger partial charge in [0.15, 0.2) is 0 Å². The molecule has 3 N–H and O–H groups in total. The van der Waals surface area contributed by atoms with Crippen LogP contribution in [0.5, 0.6) is 0 Å². The lowest BCUT2D eigenvalue weighted by molar-refractivity contribution is 0.475. The Morgan fingerprint density at radius 3 is 2.83 bits per heavy atom. The summed E-state index contributed by atoms with van der Waals surface area (Å²) >= 11 is 5.10. The molecule has 1 aromatic carbocycles. The number of anilines is 2. The Labute approximate surface area is 120 Å². The van der Waals surface area contributed by atoms with Crippen LogP contribution < -0.4 is 11.1 Å². The van der Waals surface area contributed by atoms with Gasteiger partial charge in [-0.05, 0) is 41.1 Å². The van der Waals surface area contributed by atoms with E-state index in [0.29, 0.717) is 21.5 Å². The quantitative estimate of drug-likeness (QED) is 0.812. The van der Waals surface area contributed by atoms with Crippen LogP contribution in [0.2, 0.25) is 0 Å². The van der Waals surface area contributed by atoms with E-state index in [4.69, 9.17) is 5.73 Å². The van der Waals surface area contributed by atoms with Crippen molar-refractivity contribution in [1.29, 1.82) is 0 Å². The van der Waals surface area contributed by atoms with Gasteiger partial charge in [0.25, 0.3) is 0 Å². The van der Waals surface area contributed by atoms with Crippen LogP contribution >= 0.6 is 27.7 Å². The number of nitrogens with two attached hydrogens (primary N) is 1. The third-order valence-corrected chi connectivity index (χ3v) is 5.22. The van der Waals surface area contributed by atoms with Crippen LogP contribution in [0.4, 0.5) is 15.8 Å². The van der Waals surface area contributed by atoms with E-state index in [2.05, 4.69) is 27.5 Å². The molecule has 0 radical (unpaired) electrons. The second kappa shape index (κ2) is 6.15. The van der Waals surface area contributed by atoms with Gasteiger partial charge in [0.2, 0.25) is 0 Å². The number of rotatable bonds is 3. The van der Waals surface area contributed by atoms with E-state index in [9.17, 15) is 4.39 Å². The number of nitrogen functional groups attached to an aromatic ring is 1. The summed E-state index contributed by atoms with van der Waals surface area (Å²) in [5, 5.41) is 4.09. The predicted octanol–water partition coefficient (Wildman–Crippen LogP) is 4.26. The molecule has 5 heteroatoms. The topological polar surface area (TPSA) is 38.0 Å². The summed E-state index contributed by atoms with van der Waals surface area (Å²) in [5.41, 5.74) is 7.17. The first kappa shape index (κ1) is 14.0. The fourth-order valence-corrected chi connectivity index (χ4v) is 3.71. The predicted molar refractivity (Wildman–Crippen MR) is 81.7 cm³/mol. The average molecular weight is 333 g/mol. The average Bonchev–Trinajstić information content (AvgIpc) is 2.36. The van der Waals surface area contributed by atoms with Gasteiger partial charge in [-0.1, -0.05) is 12.8 Å². The lowest BCUT2D eigenvalue weighted by atomic mass is 9.94. The minimum absolute atomic E-state index is 0.317. The minimum Gasteiger partial charge on any atom is -0.397 e. The minimum atomic E-state index is -0.317. The molecule has 0 amide bonds. The molecular formula is C13H18BrFN2S. The molecule has 2 atom stereocenters. The number of nitrogens with one attached hydrogen (secondary N) is 1. The maximum absolute atomic E-state index is 13.3. The summed E-state index contributed by atoms with van der Waals surface area (Å²) in [6, 6.07) is 3.52. The number of hydrogen-bond donors (Lipinski definition) is 2.